The number of hydrogen-bond acceptors (Lipinski definition) is 3. The molecule has 18 heavy (non-hydrogen) atoms. The van der Waals surface area contributed by atoms with Crippen LogP contribution in [0.4, 0.5) is 5.69 Å². The fourth-order valence-electron chi connectivity index (χ4n) is 1.36. The molecule has 102 valence electrons. The standard InChI is InChI=1S/C13H19ClINO2/c1-9(2)7-18-8-11(17)6-16-13-5-10(15)3-4-12(13)14/h3-5,9,11,16-17H,6-8H2,1-2H3. The maximum Gasteiger partial charge on any atom is 0.0945 e. The van der Waals surface area contributed by atoms with E-state index in [1.807, 2.05) is 18.2 Å². The minimum atomic E-state index is -0.530. The molecule has 0 amide bonds. The first-order valence-electron chi connectivity index (χ1n) is 5.93. The molecule has 1 atom stereocenters. The van der Waals surface area contributed by atoms with E-state index in [0.717, 1.165) is 9.26 Å². The van der Waals surface area contributed by atoms with Crippen LogP contribution in [0.25, 0.3) is 0 Å². The van der Waals surface area contributed by atoms with Gasteiger partial charge in [0.2, 0.25) is 0 Å². The summed E-state index contributed by atoms with van der Waals surface area (Å²) in [6.45, 7) is 5.60. The van der Waals surface area contributed by atoms with Crippen molar-refractivity contribution in [1.82, 2.24) is 0 Å². The number of aliphatic hydroxyl groups excluding tert-OH is 1. The van der Waals surface area contributed by atoms with Gasteiger partial charge < -0.3 is 15.2 Å². The molecule has 0 radical (unpaired) electrons. The van der Waals surface area contributed by atoms with Crippen LogP contribution in [0.2, 0.25) is 5.02 Å². The molecule has 0 heterocycles. The van der Waals surface area contributed by atoms with E-state index >= 15 is 0 Å². The Morgan fingerprint density at radius 3 is 2.78 bits per heavy atom. The smallest absolute Gasteiger partial charge is 0.0945 e. The number of anilines is 1. The summed E-state index contributed by atoms with van der Waals surface area (Å²) in [6, 6.07) is 5.73. The van der Waals surface area contributed by atoms with Crippen LogP contribution in [0.5, 0.6) is 0 Å². The minimum absolute atomic E-state index is 0.340. The maximum atomic E-state index is 9.75. The van der Waals surface area contributed by atoms with E-state index in [4.69, 9.17) is 16.3 Å². The van der Waals surface area contributed by atoms with Crippen molar-refractivity contribution in [1.29, 1.82) is 0 Å². The maximum absolute atomic E-state index is 9.75. The molecule has 2 N–H and O–H groups in total. The fraction of sp³-hybridized carbons (Fsp3) is 0.538. The molecule has 1 rings (SSSR count). The number of aliphatic hydroxyl groups is 1. The van der Waals surface area contributed by atoms with Crippen LogP contribution in [0, 0.1) is 9.49 Å². The second-order valence-corrected chi connectivity index (χ2v) is 6.24. The van der Waals surface area contributed by atoms with Crippen molar-refractivity contribution in [2.24, 2.45) is 5.92 Å². The van der Waals surface area contributed by atoms with Gasteiger partial charge in [-0.25, -0.2) is 0 Å². The van der Waals surface area contributed by atoms with E-state index in [0.29, 0.717) is 30.7 Å². The number of hydrogen-bond donors (Lipinski definition) is 2. The van der Waals surface area contributed by atoms with E-state index in [1.165, 1.54) is 0 Å². The molecule has 0 bridgehead atoms. The molecule has 0 saturated carbocycles. The van der Waals surface area contributed by atoms with Crippen molar-refractivity contribution in [3.8, 4) is 0 Å². The Kier molecular flexibility index (Phi) is 7.29. The van der Waals surface area contributed by atoms with Gasteiger partial charge in [0.1, 0.15) is 0 Å². The van der Waals surface area contributed by atoms with Gasteiger partial charge in [-0.05, 0) is 46.7 Å². The van der Waals surface area contributed by atoms with Gasteiger partial charge in [0.05, 0.1) is 23.4 Å². The third kappa shape index (κ3) is 6.22. The first-order chi connectivity index (χ1) is 8.49. The van der Waals surface area contributed by atoms with Crippen LogP contribution < -0.4 is 5.32 Å². The van der Waals surface area contributed by atoms with E-state index in [-0.39, 0.29) is 0 Å². The molecule has 0 aliphatic rings. The van der Waals surface area contributed by atoms with Gasteiger partial charge in [-0.15, -0.1) is 0 Å². The van der Waals surface area contributed by atoms with Crippen molar-refractivity contribution >= 4 is 39.9 Å². The second kappa shape index (κ2) is 8.19. The average Bonchev–Trinajstić information content (AvgIpc) is 2.30. The quantitative estimate of drug-likeness (QED) is 0.709. The molecule has 1 aromatic rings. The summed E-state index contributed by atoms with van der Waals surface area (Å²) >= 11 is 8.27. The second-order valence-electron chi connectivity index (χ2n) is 4.59. The molecule has 0 saturated heterocycles. The zero-order valence-corrected chi connectivity index (χ0v) is 13.5. The van der Waals surface area contributed by atoms with E-state index in [2.05, 4.69) is 41.8 Å². The molecule has 0 fully saturated rings. The molecule has 0 aromatic heterocycles. The Morgan fingerprint density at radius 1 is 1.39 bits per heavy atom. The lowest BCUT2D eigenvalue weighted by molar-refractivity contribution is 0.0318. The molecular weight excluding hydrogens is 365 g/mol. The van der Waals surface area contributed by atoms with Crippen molar-refractivity contribution in [2.45, 2.75) is 20.0 Å². The van der Waals surface area contributed by atoms with Crippen LogP contribution in [0.3, 0.4) is 0 Å². The predicted molar refractivity (Wildman–Crippen MR) is 84.3 cm³/mol. The van der Waals surface area contributed by atoms with Gasteiger partial charge in [0.15, 0.2) is 0 Å². The third-order valence-electron chi connectivity index (χ3n) is 2.22. The van der Waals surface area contributed by atoms with Crippen LogP contribution >= 0.6 is 34.2 Å². The normalized spacial score (nSPS) is 12.8. The van der Waals surface area contributed by atoms with Crippen LogP contribution in [0.15, 0.2) is 18.2 Å². The highest BCUT2D eigenvalue weighted by molar-refractivity contribution is 14.1. The highest BCUT2D eigenvalue weighted by Gasteiger charge is 2.07. The Labute approximate surface area is 127 Å². The Balaban J connectivity index is 2.33. The summed E-state index contributed by atoms with van der Waals surface area (Å²) < 4.78 is 6.48. The third-order valence-corrected chi connectivity index (χ3v) is 3.22. The van der Waals surface area contributed by atoms with Gasteiger partial charge in [-0.1, -0.05) is 25.4 Å². The van der Waals surface area contributed by atoms with Gasteiger partial charge in [-0.2, -0.15) is 0 Å². The SMILES string of the molecule is CC(C)COCC(O)CNc1cc(I)ccc1Cl. The highest BCUT2D eigenvalue weighted by atomic mass is 127. The molecule has 1 aromatic carbocycles. The lowest BCUT2D eigenvalue weighted by atomic mass is 10.2. The van der Waals surface area contributed by atoms with Crippen molar-refractivity contribution in [3.05, 3.63) is 26.8 Å². The van der Waals surface area contributed by atoms with Crippen LogP contribution in [0.1, 0.15) is 13.8 Å². The summed E-state index contributed by atoms with van der Waals surface area (Å²) in [5, 5.41) is 13.5. The van der Waals surface area contributed by atoms with Gasteiger partial charge >= 0.3 is 0 Å². The first-order valence-corrected chi connectivity index (χ1v) is 7.39. The molecule has 0 aliphatic carbocycles. The summed E-state index contributed by atoms with van der Waals surface area (Å²) in [4.78, 5) is 0. The monoisotopic (exact) mass is 383 g/mol. The lowest BCUT2D eigenvalue weighted by Gasteiger charge is -2.15. The number of ether oxygens (including phenoxy) is 1. The zero-order valence-electron chi connectivity index (χ0n) is 10.6. The zero-order chi connectivity index (χ0) is 13.5. The summed E-state index contributed by atoms with van der Waals surface area (Å²) in [6.07, 6.45) is -0.530. The molecule has 5 heteroatoms. The van der Waals surface area contributed by atoms with Crippen LogP contribution in [-0.4, -0.2) is 31.0 Å². The predicted octanol–water partition coefficient (Wildman–Crippen LogP) is 3.39. The summed E-state index contributed by atoms with van der Waals surface area (Å²) in [7, 11) is 0. The Hall–Kier alpha value is -0.0400. The highest BCUT2D eigenvalue weighted by Crippen LogP contribution is 2.23. The van der Waals surface area contributed by atoms with Crippen molar-refractivity contribution in [3.63, 3.8) is 0 Å². The molecular formula is C13H19ClINO2. The summed E-state index contributed by atoms with van der Waals surface area (Å²) in [5.74, 6) is 0.482. The van der Waals surface area contributed by atoms with Crippen LogP contribution in [-0.2, 0) is 4.74 Å². The van der Waals surface area contributed by atoms with E-state index in [1.54, 1.807) is 0 Å². The average molecular weight is 384 g/mol. The van der Waals surface area contributed by atoms with Crippen molar-refractivity contribution < 1.29 is 9.84 Å². The fourth-order valence-corrected chi connectivity index (χ4v) is 2.04. The molecule has 1 unspecified atom stereocenters. The van der Waals surface area contributed by atoms with E-state index < -0.39 is 6.10 Å². The van der Waals surface area contributed by atoms with Crippen molar-refractivity contribution in [2.75, 3.05) is 25.1 Å². The van der Waals surface area contributed by atoms with E-state index in [9.17, 15) is 5.11 Å². The number of halogens is 2. The Morgan fingerprint density at radius 2 is 2.11 bits per heavy atom. The Bertz CT molecular complexity index is 374. The topological polar surface area (TPSA) is 41.5 Å². The number of rotatable bonds is 7. The molecule has 3 nitrogen and oxygen atoms in total. The first kappa shape index (κ1) is 16.0. The van der Waals surface area contributed by atoms with Gasteiger partial charge in [-0.3, -0.25) is 0 Å². The number of nitrogens with one attached hydrogen (secondary N) is 1. The molecule has 0 aliphatic heterocycles. The number of benzene rings is 1. The van der Waals surface area contributed by atoms with Gasteiger partial charge in [0, 0.05) is 16.7 Å². The largest absolute Gasteiger partial charge is 0.389 e. The van der Waals surface area contributed by atoms with Gasteiger partial charge in [0.25, 0.3) is 0 Å². The molecule has 0 spiro atoms. The lowest BCUT2D eigenvalue weighted by Crippen LogP contribution is -2.25. The minimum Gasteiger partial charge on any atom is -0.389 e. The summed E-state index contributed by atoms with van der Waals surface area (Å²) in [5.41, 5.74) is 0.839.